The second-order valence-corrected chi connectivity index (χ2v) is 4.06. The van der Waals surface area contributed by atoms with Crippen LogP contribution in [-0.2, 0) is 9.59 Å². The molecule has 100 valence electrons. The summed E-state index contributed by atoms with van der Waals surface area (Å²) in [5.41, 5.74) is 0.323. The lowest BCUT2D eigenvalue weighted by molar-refractivity contribution is -0.146. The minimum absolute atomic E-state index is 0.0394. The minimum atomic E-state index is -1.58. The number of hydrogen-bond donors (Lipinski definition) is 2. The van der Waals surface area contributed by atoms with E-state index in [9.17, 15) is 19.5 Å². The first kappa shape index (κ1) is 13.5. The molecule has 0 spiro atoms. The number of aliphatic carboxylic acids is 1. The number of carboxylic acid groups (broad SMARTS) is 2. The quantitative estimate of drug-likeness (QED) is 0.656. The molecule has 0 aromatic heterocycles. The zero-order valence-corrected chi connectivity index (χ0v) is 10.2. The smallest absolute Gasteiger partial charge is 0.376 e. The van der Waals surface area contributed by atoms with Crippen LogP contribution in [0.5, 0.6) is 0 Å². The van der Waals surface area contributed by atoms with Crippen LogP contribution in [0.3, 0.4) is 0 Å². The summed E-state index contributed by atoms with van der Waals surface area (Å²) in [7, 11) is 0. The lowest BCUT2D eigenvalue weighted by atomic mass is 9.98. The molecule has 5 nitrogen and oxygen atoms in total. The van der Waals surface area contributed by atoms with Gasteiger partial charge < -0.3 is 10.2 Å². The fraction of sp³-hybridized carbons (Fsp3) is 0. The third-order valence-corrected chi connectivity index (χ3v) is 2.80. The van der Waals surface area contributed by atoms with Crippen molar-refractivity contribution in [3.05, 3.63) is 53.6 Å². The van der Waals surface area contributed by atoms with Crippen LogP contribution in [-0.4, -0.2) is 27.9 Å². The molecule has 0 aliphatic rings. The number of benzene rings is 2. The molecular weight excluding hydrogens is 260 g/mol. The van der Waals surface area contributed by atoms with Crippen LogP contribution >= 0.6 is 0 Å². The molecule has 0 atom stereocenters. The molecule has 0 bridgehead atoms. The summed E-state index contributed by atoms with van der Waals surface area (Å²) in [6, 6.07) is 10.2. The summed E-state index contributed by atoms with van der Waals surface area (Å²) in [6.45, 7) is 0. The number of aromatic carboxylic acids is 1. The van der Waals surface area contributed by atoms with Crippen LogP contribution in [0.2, 0.25) is 0 Å². The predicted octanol–water partition coefficient (Wildman–Crippen LogP) is 2.20. The number of ketones is 1. The molecule has 0 heterocycles. The Bertz CT molecular complexity index is 743. The predicted molar refractivity (Wildman–Crippen MR) is 72.6 cm³/mol. The van der Waals surface area contributed by atoms with Gasteiger partial charge in [-0.3, -0.25) is 4.79 Å². The summed E-state index contributed by atoms with van der Waals surface area (Å²) < 4.78 is 0. The Morgan fingerprint density at radius 2 is 1.65 bits per heavy atom. The minimum Gasteiger partial charge on any atom is -0.478 e. The van der Waals surface area contributed by atoms with Crippen molar-refractivity contribution in [2.24, 2.45) is 0 Å². The topological polar surface area (TPSA) is 91.7 Å². The zero-order valence-electron chi connectivity index (χ0n) is 10.2. The molecule has 0 saturated carbocycles. The number of hydrogen-bond acceptors (Lipinski definition) is 3. The summed E-state index contributed by atoms with van der Waals surface area (Å²) in [4.78, 5) is 32.8. The molecule has 2 aromatic carbocycles. The molecule has 2 aromatic rings. The molecule has 0 amide bonds. The molecule has 0 fully saturated rings. The van der Waals surface area contributed by atoms with Crippen molar-refractivity contribution in [3.63, 3.8) is 0 Å². The van der Waals surface area contributed by atoms with Gasteiger partial charge >= 0.3 is 11.9 Å². The van der Waals surface area contributed by atoms with Crippen LogP contribution in [0.25, 0.3) is 16.8 Å². The third-order valence-electron chi connectivity index (χ3n) is 2.80. The SMILES string of the molecule is O=C(O)C(=O)C=Cc1ccc2ccccc2c1C(=O)O. The van der Waals surface area contributed by atoms with Crippen molar-refractivity contribution in [2.45, 2.75) is 0 Å². The molecule has 5 heteroatoms. The van der Waals surface area contributed by atoms with Crippen LogP contribution < -0.4 is 0 Å². The van der Waals surface area contributed by atoms with Crippen LogP contribution in [0.15, 0.2) is 42.5 Å². The Kier molecular flexibility index (Phi) is 3.61. The van der Waals surface area contributed by atoms with E-state index in [1.807, 2.05) is 0 Å². The van der Waals surface area contributed by atoms with E-state index in [4.69, 9.17) is 5.11 Å². The van der Waals surface area contributed by atoms with E-state index in [-0.39, 0.29) is 11.1 Å². The van der Waals surface area contributed by atoms with E-state index in [2.05, 4.69) is 0 Å². The molecule has 0 aliphatic heterocycles. The number of carbonyl (C=O) groups excluding carboxylic acids is 1. The van der Waals surface area contributed by atoms with Crippen LogP contribution in [0.4, 0.5) is 0 Å². The zero-order chi connectivity index (χ0) is 14.7. The molecular formula is C15H10O5. The number of rotatable bonds is 4. The van der Waals surface area contributed by atoms with Crippen molar-refractivity contribution in [1.82, 2.24) is 0 Å². The number of carbonyl (C=O) groups is 3. The standard InChI is InChI=1S/C15H10O5/c16-12(14(17)18)8-7-10-6-5-9-3-1-2-4-11(9)13(10)15(19)20/h1-8H,(H,17,18)(H,19,20). The van der Waals surface area contributed by atoms with E-state index < -0.39 is 17.7 Å². The van der Waals surface area contributed by atoms with Crippen LogP contribution in [0.1, 0.15) is 15.9 Å². The van der Waals surface area contributed by atoms with Crippen molar-refractivity contribution in [3.8, 4) is 0 Å². The van der Waals surface area contributed by atoms with Gasteiger partial charge in [-0.2, -0.15) is 0 Å². The van der Waals surface area contributed by atoms with Crippen molar-refractivity contribution >= 4 is 34.6 Å². The van der Waals surface area contributed by atoms with E-state index in [1.54, 1.807) is 30.3 Å². The first-order chi connectivity index (χ1) is 9.50. The van der Waals surface area contributed by atoms with Gasteiger partial charge in [-0.15, -0.1) is 0 Å². The molecule has 0 saturated heterocycles. The maximum atomic E-state index is 11.4. The summed E-state index contributed by atoms with van der Waals surface area (Å²) in [5.74, 6) is -3.82. The van der Waals surface area contributed by atoms with Gasteiger partial charge in [-0.05, 0) is 28.5 Å². The maximum absolute atomic E-state index is 11.4. The van der Waals surface area contributed by atoms with E-state index in [1.165, 1.54) is 12.1 Å². The van der Waals surface area contributed by atoms with E-state index >= 15 is 0 Å². The summed E-state index contributed by atoms with van der Waals surface area (Å²) in [6.07, 6.45) is 2.05. The fourth-order valence-electron chi connectivity index (χ4n) is 1.90. The van der Waals surface area contributed by atoms with Gasteiger partial charge in [0.15, 0.2) is 0 Å². The van der Waals surface area contributed by atoms with Gasteiger partial charge in [0, 0.05) is 0 Å². The highest BCUT2D eigenvalue weighted by atomic mass is 16.4. The second-order valence-electron chi connectivity index (χ2n) is 4.06. The van der Waals surface area contributed by atoms with Crippen molar-refractivity contribution in [1.29, 1.82) is 0 Å². The lowest BCUT2D eigenvalue weighted by Crippen LogP contribution is -2.08. The van der Waals surface area contributed by atoms with Gasteiger partial charge in [-0.1, -0.05) is 36.4 Å². The highest BCUT2D eigenvalue weighted by molar-refractivity contribution is 6.38. The van der Waals surface area contributed by atoms with E-state index in [0.29, 0.717) is 5.39 Å². The van der Waals surface area contributed by atoms with Crippen LogP contribution in [0, 0.1) is 0 Å². The maximum Gasteiger partial charge on any atom is 0.376 e. The molecule has 0 unspecified atom stereocenters. The molecule has 2 N–H and O–H groups in total. The Hall–Kier alpha value is -2.95. The summed E-state index contributed by atoms with van der Waals surface area (Å²) in [5, 5.41) is 19.1. The first-order valence-electron chi connectivity index (χ1n) is 5.71. The second kappa shape index (κ2) is 5.36. The van der Waals surface area contributed by atoms with Crippen molar-refractivity contribution in [2.75, 3.05) is 0 Å². The third kappa shape index (κ3) is 2.56. The molecule has 20 heavy (non-hydrogen) atoms. The largest absolute Gasteiger partial charge is 0.478 e. The molecule has 2 rings (SSSR count). The Morgan fingerprint density at radius 1 is 0.950 bits per heavy atom. The highest BCUT2D eigenvalue weighted by Crippen LogP contribution is 2.23. The summed E-state index contributed by atoms with van der Waals surface area (Å²) >= 11 is 0. The lowest BCUT2D eigenvalue weighted by Gasteiger charge is -2.06. The van der Waals surface area contributed by atoms with Gasteiger partial charge in [0.25, 0.3) is 5.78 Å². The molecule has 0 radical (unpaired) electrons. The number of carboxylic acids is 2. The molecule has 0 aliphatic carbocycles. The normalized spacial score (nSPS) is 10.8. The van der Waals surface area contributed by atoms with E-state index in [0.717, 1.165) is 11.5 Å². The van der Waals surface area contributed by atoms with Crippen molar-refractivity contribution < 1.29 is 24.6 Å². The average molecular weight is 270 g/mol. The highest BCUT2D eigenvalue weighted by Gasteiger charge is 2.13. The first-order valence-corrected chi connectivity index (χ1v) is 5.71. The fourth-order valence-corrected chi connectivity index (χ4v) is 1.90. The Morgan fingerprint density at radius 3 is 2.30 bits per heavy atom. The Labute approximate surface area is 113 Å². The average Bonchev–Trinajstić information content (AvgIpc) is 2.43. The number of fused-ring (bicyclic) bond motifs is 1. The monoisotopic (exact) mass is 270 g/mol. The van der Waals surface area contributed by atoms with Gasteiger partial charge in [0.05, 0.1) is 5.56 Å². The van der Waals surface area contributed by atoms with Gasteiger partial charge in [0.2, 0.25) is 0 Å². The van der Waals surface area contributed by atoms with Gasteiger partial charge in [-0.25, -0.2) is 9.59 Å². The Balaban J connectivity index is 2.59. The van der Waals surface area contributed by atoms with Gasteiger partial charge in [0.1, 0.15) is 0 Å².